The number of benzene rings is 1. The van der Waals surface area contributed by atoms with Crippen molar-refractivity contribution in [3.63, 3.8) is 0 Å². The molecule has 19 heavy (non-hydrogen) atoms. The summed E-state index contributed by atoms with van der Waals surface area (Å²) in [6.45, 7) is -0.371. The molecule has 0 spiro atoms. The van der Waals surface area contributed by atoms with Crippen LogP contribution in [-0.4, -0.2) is 26.8 Å². The van der Waals surface area contributed by atoms with Crippen LogP contribution in [0.4, 0.5) is 5.69 Å². The molecule has 9 heteroatoms. The van der Waals surface area contributed by atoms with Gasteiger partial charge in [-0.3, -0.25) is 10.1 Å². The molecule has 1 aromatic carbocycles. The van der Waals surface area contributed by atoms with Crippen LogP contribution in [-0.2, 0) is 0 Å². The Balaban J connectivity index is 2.53. The smallest absolute Gasteiger partial charge is 0.283 e. The van der Waals surface area contributed by atoms with Crippen molar-refractivity contribution in [1.29, 1.82) is 0 Å². The molecule has 1 aromatic heterocycles. The van der Waals surface area contributed by atoms with E-state index in [1.165, 1.54) is 18.2 Å². The molecule has 0 saturated heterocycles. The minimum absolute atomic E-state index is 0.0260. The van der Waals surface area contributed by atoms with Crippen molar-refractivity contribution < 1.29 is 14.6 Å². The fourth-order valence-electron chi connectivity index (χ4n) is 1.45. The first kappa shape index (κ1) is 13.4. The maximum absolute atomic E-state index is 10.9. The van der Waals surface area contributed by atoms with Gasteiger partial charge >= 0.3 is 0 Å². The van der Waals surface area contributed by atoms with Crippen LogP contribution < -0.4 is 5.73 Å². The lowest BCUT2D eigenvalue weighted by molar-refractivity contribution is -0.384. The van der Waals surface area contributed by atoms with E-state index in [0.29, 0.717) is 0 Å². The van der Waals surface area contributed by atoms with Gasteiger partial charge in [-0.15, -0.1) is 0 Å². The van der Waals surface area contributed by atoms with Crippen LogP contribution in [0.5, 0.6) is 0 Å². The highest BCUT2D eigenvalue weighted by molar-refractivity contribution is 6.33. The molecule has 0 saturated carbocycles. The molecule has 2 rings (SSSR count). The third-order valence-electron chi connectivity index (χ3n) is 2.37. The maximum atomic E-state index is 10.9. The lowest BCUT2D eigenvalue weighted by atomic mass is 10.2. The molecule has 2 aromatic rings. The summed E-state index contributed by atoms with van der Waals surface area (Å²) in [5, 5.41) is 23.5. The van der Waals surface area contributed by atoms with Crippen molar-refractivity contribution in [1.82, 2.24) is 10.1 Å². The Kier molecular flexibility index (Phi) is 3.74. The Hall–Kier alpha value is -2.03. The molecule has 1 atom stereocenters. The van der Waals surface area contributed by atoms with Crippen molar-refractivity contribution in [2.75, 3.05) is 6.61 Å². The molecular weight excluding hydrogens is 276 g/mol. The fraction of sp³-hybridized carbons (Fsp3) is 0.200. The normalized spacial score (nSPS) is 12.4. The Morgan fingerprint density at radius 2 is 2.32 bits per heavy atom. The average Bonchev–Trinajstić information content (AvgIpc) is 2.86. The summed E-state index contributed by atoms with van der Waals surface area (Å²) in [6, 6.07) is 3.37. The predicted molar refractivity (Wildman–Crippen MR) is 65.4 cm³/mol. The largest absolute Gasteiger partial charge is 0.394 e. The van der Waals surface area contributed by atoms with Gasteiger partial charge in [0.2, 0.25) is 0 Å². The van der Waals surface area contributed by atoms with Gasteiger partial charge in [-0.25, -0.2) is 0 Å². The minimum Gasteiger partial charge on any atom is -0.394 e. The number of halogens is 1. The van der Waals surface area contributed by atoms with Crippen LogP contribution in [0.2, 0.25) is 5.02 Å². The molecule has 0 fully saturated rings. The van der Waals surface area contributed by atoms with Crippen LogP contribution in [0.3, 0.4) is 0 Å². The molecule has 3 N–H and O–H groups in total. The van der Waals surface area contributed by atoms with Crippen molar-refractivity contribution in [3.05, 3.63) is 39.2 Å². The molecule has 1 unspecified atom stereocenters. The first-order valence-corrected chi connectivity index (χ1v) is 5.55. The van der Waals surface area contributed by atoms with Gasteiger partial charge in [-0.1, -0.05) is 22.8 Å². The number of nitrogens with two attached hydrogens (primary N) is 1. The van der Waals surface area contributed by atoms with E-state index >= 15 is 0 Å². The molecule has 0 aliphatic heterocycles. The van der Waals surface area contributed by atoms with E-state index in [1.807, 2.05) is 0 Å². The van der Waals surface area contributed by atoms with E-state index in [9.17, 15) is 10.1 Å². The molecule has 1 heterocycles. The summed E-state index contributed by atoms with van der Waals surface area (Å²) in [5.74, 6) is -0.0667. The van der Waals surface area contributed by atoms with Gasteiger partial charge in [-0.2, -0.15) is 4.98 Å². The summed E-state index contributed by atoms with van der Waals surface area (Å²) < 4.78 is 4.90. The molecule has 0 aliphatic rings. The van der Waals surface area contributed by atoms with Crippen LogP contribution in [0.25, 0.3) is 11.5 Å². The second-order valence-electron chi connectivity index (χ2n) is 3.64. The zero-order valence-electron chi connectivity index (χ0n) is 9.49. The summed E-state index contributed by atoms with van der Waals surface area (Å²) in [7, 11) is 0. The Bertz CT molecular complexity index is 615. The van der Waals surface area contributed by atoms with Gasteiger partial charge in [0.05, 0.1) is 22.6 Å². The molecule has 0 radical (unpaired) electrons. The number of hydrogen-bond donors (Lipinski definition) is 2. The maximum Gasteiger partial charge on any atom is 0.283 e. The predicted octanol–water partition coefficient (Wildman–Crippen LogP) is 1.29. The van der Waals surface area contributed by atoms with E-state index in [1.54, 1.807) is 0 Å². The first-order chi connectivity index (χ1) is 9.04. The number of nitrogens with zero attached hydrogens (tertiary/aromatic N) is 3. The highest BCUT2D eigenvalue weighted by Crippen LogP contribution is 2.35. The fourth-order valence-corrected chi connectivity index (χ4v) is 1.70. The number of rotatable bonds is 4. The van der Waals surface area contributed by atoms with Crippen molar-refractivity contribution in [3.8, 4) is 11.5 Å². The summed E-state index contributed by atoms with van der Waals surface area (Å²) in [4.78, 5) is 14.2. The van der Waals surface area contributed by atoms with Crippen molar-refractivity contribution in [2.45, 2.75) is 6.04 Å². The first-order valence-electron chi connectivity index (χ1n) is 5.18. The molecule has 0 amide bonds. The average molecular weight is 285 g/mol. The lowest BCUT2D eigenvalue weighted by Crippen LogP contribution is -2.15. The number of nitro benzene ring substituents is 1. The van der Waals surface area contributed by atoms with E-state index in [0.717, 1.165) is 0 Å². The number of hydrogen-bond acceptors (Lipinski definition) is 7. The summed E-state index contributed by atoms with van der Waals surface area (Å²) in [6.07, 6.45) is 0. The molecule has 100 valence electrons. The zero-order valence-corrected chi connectivity index (χ0v) is 10.2. The standard InChI is InChI=1S/C10H9ClN4O4/c11-5-2-1-3-7(15(17)18)8(5)10-13-9(14-19-10)6(12)4-16/h1-3,6,16H,4,12H2. The van der Waals surface area contributed by atoms with Gasteiger partial charge in [0, 0.05) is 6.07 Å². The highest BCUT2D eigenvalue weighted by atomic mass is 35.5. The summed E-state index contributed by atoms with van der Waals surface area (Å²) in [5.41, 5.74) is 5.30. The van der Waals surface area contributed by atoms with Gasteiger partial charge in [-0.05, 0) is 6.07 Å². The Morgan fingerprint density at radius 1 is 1.58 bits per heavy atom. The molecular formula is C10H9ClN4O4. The van der Waals surface area contributed by atoms with Gasteiger partial charge in [0.15, 0.2) is 5.82 Å². The molecule has 0 aliphatic carbocycles. The van der Waals surface area contributed by atoms with Crippen LogP contribution >= 0.6 is 11.6 Å². The number of nitro groups is 1. The van der Waals surface area contributed by atoms with E-state index in [4.69, 9.17) is 27.0 Å². The third-order valence-corrected chi connectivity index (χ3v) is 2.69. The van der Waals surface area contributed by atoms with E-state index in [-0.39, 0.29) is 34.6 Å². The highest BCUT2D eigenvalue weighted by Gasteiger charge is 2.24. The van der Waals surface area contributed by atoms with Gasteiger partial charge in [0.1, 0.15) is 5.56 Å². The molecule has 0 bridgehead atoms. The van der Waals surface area contributed by atoms with Crippen LogP contribution in [0, 0.1) is 10.1 Å². The SMILES string of the molecule is NC(CO)c1noc(-c2c(Cl)cccc2[N+](=O)[O-])n1. The monoisotopic (exact) mass is 284 g/mol. The second-order valence-corrected chi connectivity index (χ2v) is 4.05. The van der Waals surface area contributed by atoms with Gasteiger partial charge in [0.25, 0.3) is 11.6 Å². The van der Waals surface area contributed by atoms with Crippen LogP contribution in [0.1, 0.15) is 11.9 Å². The van der Waals surface area contributed by atoms with Crippen molar-refractivity contribution >= 4 is 17.3 Å². The third kappa shape index (κ3) is 2.55. The van der Waals surface area contributed by atoms with Gasteiger partial charge < -0.3 is 15.4 Å². The van der Waals surface area contributed by atoms with Crippen LogP contribution in [0.15, 0.2) is 22.7 Å². The lowest BCUT2D eigenvalue weighted by Gasteiger charge is -2.00. The summed E-state index contributed by atoms with van der Waals surface area (Å²) >= 11 is 5.92. The Labute approximate surface area is 111 Å². The topological polar surface area (TPSA) is 128 Å². The van der Waals surface area contributed by atoms with E-state index < -0.39 is 11.0 Å². The Morgan fingerprint density at radius 3 is 2.95 bits per heavy atom. The number of aliphatic hydroxyl groups excluding tert-OH is 1. The van der Waals surface area contributed by atoms with E-state index in [2.05, 4.69) is 10.1 Å². The number of aliphatic hydroxyl groups is 1. The zero-order chi connectivity index (χ0) is 14.0. The van der Waals surface area contributed by atoms with Crippen molar-refractivity contribution in [2.24, 2.45) is 5.73 Å². The minimum atomic E-state index is -0.820. The molecule has 8 nitrogen and oxygen atoms in total. The number of aromatic nitrogens is 2. The quantitative estimate of drug-likeness (QED) is 0.639. The second kappa shape index (κ2) is 5.31.